The topological polar surface area (TPSA) is 21.3 Å². The van der Waals surface area contributed by atoms with Gasteiger partial charge in [-0.25, -0.2) is 0 Å². The van der Waals surface area contributed by atoms with Gasteiger partial charge >= 0.3 is 0 Å². The van der Waals surface area contributed by atoms with Crippen LogP contribution in [0.3, 0.4) is 0 Å². The van der Waals surface area contributed by atoms with Gasteiger partial charge in [0.25, 0.3) is 0 Å². The molecule has 0 aliphatic rings. The normalized spacial score (nSPS) is 10.5. The van der Waals surface area contributed by atoms with Gasteiger partial charge in [-0.05, 0) is 42.7 Å². The van der Waals surface area contributed by atoms with Gasteiger partial charge in [0.05, 0.1) is 7.11 Å². The zero-order valence-corrected chi connectivity index (χ0v) is 8.90. The molecule has 1 aromatic rings. The molecule has 0 aliphatic heterocycles. The van der Waals surface area contributed by atoms with Gasteiger partial charge in [0.15, 0.2) is 0 Å². The molecule has 3 heteroatoms. The Hall–Kier alpha value is -0.570. The van der Waals surface area contributed by atoms with Crippen LogP contribution in [0.2, 0.25) is 5.02 Å². The molecule has 0 saturated heterocycles. The number of benzene rings is 1. The third kappa shape index (κ3) is 2.69. The first-order valence-corrected chi connectivity index (χ1v) is 4.54. The summed E-state index contributed by atoms with van der Waals surface area (Å²) in [6, 6.07) is 3.92. The van der Waals surface area contributed by atoms with Crippen LogP contribution in [0, 0.1) is 13.8 Å². The Labute approximate surface area is 83.8 Å². The predicted octanol–water partition coefficient (Wildman–Crippen LogP) is 2.61. The SMILES string of the molecule is CONCc1cc(Cl)cc(C)c1C. The van der Waals surface area contributed by atoms with Crippen LogP contribution in [-0.4, -0.2) is 7.11 Å². The van der Waals surface area contributed by atoms with E-state index in [0.717, 1.165) is 5.02 Å². The lowest BCUT2D eigenvalue weighted by atomic mass is 10.0. The van der Waals surface area contributed by atoms with E-state index in [1.165, 1.54) is 16.7 Å². The summed E-state index contributed by atoms with van der Waals surface area (Å²) in [5, 5.41) is 0.774. The summed E-state index contributed by atoms with van der Waals surface area (Å²) < 4.78 is 0. The van der Waals surface area contributed by atoms with Crippen molar-refractivity contribution in [2.75, 3.05) is 7.11 Å². The Morgan fingerprint density at radius 3 is 2.69 bits per heavy atom. The van der Waals surface area contributed by atoms with Crippen LogP contribution in [0.5, 0.6) is 0 Å². The summed E-state index contributed by atoms with van der Waals surface area (Å²) >= 11 is 5.93. The van der Waals surface area contributed by atoms with Crippen LogP contribution in [0.4, 0.5) is 0 Å². The molecule has 0 fully saturated rings. The first-order valence-electron chi connectivity index (χ1n) is 4.16. The molecule has 0 bridgehead atoms. The molecule has 1 N–H and O–H groups in total. The predicted molar refractivity (Wildman–Crippen MR) is 54.8 cm³/mol. The molecule has 0 aliphatic carbocycles. The molecule has 0 radical (unpaired) electrons. The van der Waals surface area contributed by atoms with Crippen molar-refractivity contribution in [2.45, 2.75) is 20.4 Å². The average Bonchev–Trinajstić information content (AvgIpc) is 2.09. The summed E-state index contributed by atoms with van der Waals surface area (Å²) in [5.74, 6) is 0. The molecule has 2 nitrogen and oxygen atoms in total. The second kappa shape index (κ2) is 4.61. The Bertz CT molecular complexity index is 299. The minimum Gasteiger partial charge on any atom is -0.305 e. The molecular weight excluding hydrogens is 186 g/mol. The molecule has 0 saturated carbocycles. The molecule has 1 rings (SSSR count). The second-order valence-corrected chi connectivity index (χ2v) is 3.47. The van der Waals surface area contributed by atoms with E-state index in [2.05, 4.69) is 19.3 Å². The van der Waals surface area contributed by atoms with Gasteiger partial charge in [-0.2, -0.15) is 5.48 Å². The zero-order valence-electron chi connectivity index (χ0n) is 8.15. The highest BCUT2D eigenvalue weighted by Gasteiger charge is 2.02. The summed E-state index contributed by atoms with van der Waals surface area (Å²) in [6.07, 6.45) is 0. The number of halogens is 1. The van der Waals surface area contributed by atoms with Gasteiger partial charge in [0.1, 0.15) is 0 Å². The van der Waals surface area contributed by atoms with E-state index in [1.807, 2.05) is 12.1 Å². The van der Waals surface area contributed by atoms with E-state index in [0.29, 0.717) is 6.54 Å². The van der Waals surface area contributed by atoms with Crippen LogP contribution in [0.25, 0.3) is 0 Å². The molecule has 72 valence electrons. The molecular formula is C10H14ClNO. The van der Waals surface area contributed by atoms with E-state index in [-0.39, 0.29) is 0 Å². The summed E-state index contributed by atoms with van der Waals surface area (Å²) in [7, 11) is 1.60. The fourth-order valence-corrected chi connectivity index (χ4v) is 1.51. The van der Waals surface area contributed by atoms with Gasteiger partial charge in [-0.15, -0.1) is 0 Å². The Morgan fingerprint density at radius 1 is 1.38 bits per heavy atom. The van der Waals surface area contributed by atoms with Crippen LogP contribution in [0.1, 0.15) is 16.7 Å². The lowest BCUT2D eigenvalue weighted by molar-refractivity contribution is 0.0866. The maximum atomic E-state index is 5.93. The summed E-state index contributed by atoms with van der Waals surface area (Å²) in [4.78, 5) is 4.79. The summed E-state index contributed by atoms with van der Waals surface area (Å²) in [6.45, 7) is 4.82. The number of rotatable bonds is 3. The quantitative estimate of drug-likeness (QED) is 0.756. The highest BCUT2D eigenvalue weighted by Crippen LogP contribution is 2.19. The maximum absolute atomic E-state index is 5.93. The van der Waals surface area contributed by atoms with Crippen molar-refractivity contribution >= 4 is 11.6 Å². The van der Waals surface area contributed by atoms with Gasteiger partial charge in [0, 0.05) is 11.6 Å². The van der Waals surface area contributed by atoms with Crippen molar-refractivity contribution < 1.29 is 4.84 Å². The fourth-order valence-electron chi connectivity index (χ4n) is 1.22. The first kappa shape index (κ1) is 10.5. The van der Waals surface area contributed by atoms with Crippen molar-refractivity contribution in [3.8, 4) is 0 Å². The van der Waals surface area contributed by atoms with E-state index in [1.54, 1.807) is 7.11 Å². The minimum absolute atomic E-state index is 0.684. The Kier molecular flexibility index (Phi) is 3.72. The fraction of sp³-hybridized carbons (Fsp3) is 0.400. The number of hydroxylamine groups is 1. The molecule has 0 amide bonds. The smallest absolute Gasteiger partial charge is 0.0572 e. The monoisotopic (exact) mass is 199 g/mol. The molecule has 0 spiro atoms. The first-order chi connectivity index (χ1) is 6.15. The number of hydrogen-bond acceptors (Lipinski definition) is 2. The van der Waals surface area contributed by atoms with Gasteiger partial charge in [0.2, 0.25) is 0 Å². The number of hydrogen-bond donors (Lipinski definition) is 1. The lowest BCUT2D eigenvalue weighted by Crippen LogP contribution is -2.12. The van der Waals surface area contributed by atoms with Gasteiger partial charge in [-0.3, -0.25) is 0 Å². The van der Waals surface area contributed by atoms with Crippen LogP contribution in [0.15, 0.2) is 12.1 Å². The minimum atomic E-state index is 0.684. The molecule has 0 heterocycles. The standard InChI is InChI=1S/C10H14ClNO/c1-7-4-10(11)5-9(8(7)2)6-12-13-3/h4-5,12H,6H2,1-3H3. The molecule has 0 aromatic heterocycles. The van der Waals surface area contributed by atoms with Gasteiger partial charge < -0.3 is 4.84 Å². The Balaban J connectivity index is 2.92. The van der Waals surface area contributed by atoms with E-state index < -0.39 is 0 Å². The van der Waals surface area contributed by atoms with Crippen molar-refractivity contribution in [3.05, 3.63) is 33.8 Å². The third-order valence-corrected chi connectivity index (χ3v) is 2.36. The van der Waals surface area contributed by atoms with Crippen molar-refractivity contribution in [1.82, 2.24) is 5.48 Å². The van der Waals surface area contributed by atoms with E-state index >= 15 is 0 Å². The van der Waals surface area contributed by atoms with E-state index in [9.17, 15) is 0 Å². The summed E-state index contributed by atoms with van der Waals surface area (Å²) in [5.41, 5.74) is 6.44. The van der Waals surface area contributed by atoms with E-state index in [4.69, 9.17) is 16.4 Å². The van der Waals surface area contributed by atoms with Crippen molar-refractivity contribution in [1.29, 1.82) is 0 Å². The van der Waals surface area contributed by atoms with Crippen molar-refractivity contribution in [3.63, 3.8) is 0 Å². The third-order valence-electron chi connectivity index (χ3n) is 2.15. The molecule has 13 heavy (non-hydrogen) atoms. The Morgan fingerprint density at radius 2 is 2.08 bits per heavy atom. The van der Waals surface area contributed by atoms with Gasteiger partial charge in [-0.1, -0.05) is 11.6 Å². The highest BCUT2D eigenvalue weighted by atomic mass is 35.5. The molecule has 0 atom stereocenters. The number of nitrogens with one attached hydrogen (secondary N) is 1. The molecule has 0 unspecified atom stereocenters. The highest BCUT2D eigenvalue weighted by molar-refractivity contribution is 6.30. The van der Waals surface area contributed by atoms with Crippen LogP contribution in [-0.2, 0) is 11.4 Å². The molecule has 1 aromatic carbocycles. The van der Waals surface area contributed by atoms with Crippen LogP contribution >= 0.6 is 11.6 Å². The van der Waals surface area contributed by atoms with Crippen molar-refractivity contribution in [2.24, 2.45) is 0 Å². The largest absolute Gasteiger partial charge is 0.305 e. The number of aryl methyl sites for hydroxylation is 1. The lowest BCUT2D eigenvalue weighted by Gasteiger charge is -2.09. The average molecular weight is 200 g/mol. The van der Waals surface area contributed by atoms with Crippen LogP contribution < -0.4 is 5.48 Å². The zero-order chi connectivity index (χ0) is 9.84. The second-order valence-electron chi connectivity index (χ2n) is 3.03. The maximum Gasteiger partial charge on any atom is 0.0572 e.